The average Bonchev–Trinajstić information content (AvgIpc) is 3.46. The molecule has 7 nitrogen and oxygen atoms in total. The number of hydrogen-bond acceptors (Lipinski definition) is 4. The number of benzene rings is 1. The van der Waals surface area contributed by atoms with E-state index in [0.29, 0.717) is 18.8 Å². The molecule has 7 heteroatoms. The Hall–Kier alpha value is -2.54. The van der Waals surface area contributed by atoms with Crippen molar-refractivity contribution in [3.63, 3.8) is 0 Å². The van der Waals surface area contributed by atoms with Crippen LogP contribution in [0.3, 0.4) is 0 Å². The van der Waals surface area contributed by atoms with Gasteiger partial charge in [-0.25, -0.2) is 0 Å². The van der Waals surface area contributed by atoms with Gasteiger partial charge in [-0.05, 0) is 50.8 Å². The lowest BCUT2D eigenvalue weighted by Gasteiger charge is -2.49. The highest BCUT2D eigenvalue weighted by atomic mass is 16.5. The highest BCUT2D eigenvalue weighted by molar-refractivity contribution is 6.04. The zero-order valence-electron chi connectivity index (χ0n) is 19.1. The van der Waals surface area contributed by atoms with Gasteiger partial charge in [-0.3, -0.25) is 9.59 Å². The standard InChI is InChI=1S/C25H33N3O4/c1-25(24(30)26-15-20-9-6-12-32-20)16-27-21-14-19(31-2)11-10-17(21)13-22(27)23(29)28(25)18-7-4-3-5-8-18/h10-11,13-14,18,20H,3-9,12,15-16H2,1-2H3,(H,26,30). The minimum absolute atomic E-state index is 0.0481. The summed E-state index contributed by atoms with van der Waals surface area (Å²) in [6.45, 7) is 3.61. The van der Waals surface area contributed by atoms with E-state index in [-0.39, 0.29) is 24.0 Å². The number of carbonyl (C=O) groups excluding carboxylic acids is 2. The summed E-state index contributed by atoms with van der Waals surface area (Å²) < 4.78 is 13.1. The minimum atomic E-state index is -0.959. The van der Waals surface area contributed by atoms with E-state index in [2.05, 4.69) is 5.32 Å². The summed E-state index contributed by atoms with van der Waals surface area (Å²) >= 11 is 0. The maximum Gasteiger partial charge on any atom is 0.271 e. The quantitative estimate of drug-likeness (QED) is 0.774. The van der Waals surface area contributed by atoms with Crippen LogP contribution in [0.1, 0.15) is 62.4 Å². The second-order valence-electron chi connectivity index (χ2n) is 9.63. The Kier molecular flexibility index (Phi) is 5.61. The van der Waals surface area contributed by atoms with Crippen LogP contribution in [0, 0.1) is 0 Å². The van der Waals surface area contributed by atoms with E-state index < -0.39 is 5.54 Å². The summed E-state index contributed by atoms with van der Waals surface area (Å²) in [6.07, 6.45) is 7.37. The lowest BCUT2D eigenvalue weighted by molar-refractivity contribution is -0.135. The molecule has 1 saturated heterocycles. The van der Waals surface area contributed by atoms with Crippen LogP contribution in [0.15, 0.2) is 24.3 Å². The molecule has 0 radical (unpaired) electrons. The van der Waals surface area contributed by atoms with Gasteiger partial charge in [-0.15, -0.1) is 0 Å². The van der Waals surface area contributed by atoms with Gasteiger partial charge >= 0.3 is 0 Å². The van der Waals surface area contributed by atoms with Crippen LogP contribution in [-0.2, 0) is 16.1 Å². The number of rotatable bonds is 5. The largest absolute Gasteiger partial charge is 0.497 e. The number of nitrogens with one attached hydrogen (secondary N) is 1. The van der Waals surface area contributed by atoms with Gasteiger partial charge < -0.3 is 24.3 Å². The minimum Gasteiger partial charge on any atom is -0.497 e. The Morgan fingerprint density at radius 3 is 2.72 bits per heavy atom. The molecule has 1 aliphatic carbocycles. The fraction of sp³-hybridized carbons (Fsp3) is 0.600. The third-order valence-corrected chi connectivity index (χ3v) is 7.49. The molecule has 3 aliphatic rings. The van der Waals surface area contributed by atoms with Crippen LogP contribution in [0.5, 0.6) is 5.75 Å². The van der Waals surface area contributed by atoms with Crippen LogP contribution in [-0.4, -0.2) is 59.2 Å². The molecule has 0 spiro atoms. The Balaban J connectivity index is 1.53. The number of amides is 2. The van der Waals surface area contributed by atoms with Gasteiger partial charge in [-0.1, -0.05) is 19.3 Å². The molecule has 1 aromatic carbocycles. The van der Waals surface area contributed by atoms with Crippen molar-refractivity contribution in [2.75, 3.05) is 20.3 Å². The molecule has 1 aromatic heterocycles. The molecule has 2 fully saturated rings. The second kappa shape index (κ2) is 8.43. The number of ether oxygens (including phenoxy) is 2. The first-order valence-electron chi connectivity index (χ1n) is 11.9. The molecule has 2 aliphatic heterocycles. The topological polar surface area (TPSA) is 72.8 Å². The van der Waals surface area contributed by atoms with Crippen molar-refractivity contribution >= 4 is 22.7 Å². The molecule has 5 rings (SSSR count). The molecule has 2 atom stereocenters. The molecule has 2 amide bonds. The lowest BCUT2D eigenvalue weighted by atomic mass is 9.86. The zero-order valence-corrected chi connectivity index (χ0v) is 19.1. The van der Waals surface area contributed by atoms with Gasteiger partial charge in [0, 0.05) is 30.6 Å². The summed E-state index contributed by atoms with van der Waals surface area (Å²) in [5.41, 5.74) is 0.622. The summed E-state index contributed by atoms with van der Waals surface area (Å²) in [5.74, 6) is 0.598. The molecule has 3 heterocycles. The number of hydrogen-bond donors (Lipinski definition) is 1. The van der Waals surface area contributed by atoms with Gasteiger partial charge in [0.1, 0.15) is 17.0 Å². The van der Waals surface area contributed by atoms with Crippen molar-refractivity contribution in [1.29, 1.82) is 0 Å². The zero-order chi connectivity index (χ0) is 22.3. The van der Waals surface area contributed by atoms with E-state index in [0.717, 1.165) is 61.8 Å². The predicted octanol–water partition coefficient (Wildman–Crippen LogP) is 3.49. The SMILES string of the molecule is COc1ccc2cc3n(c2c1)CC(C)(C(=O)NCC1CCCO1)N(C1CCCCC1)C3=O. The molecular formula is C25H33N3O4. The van der Waals surface area contributed by atoms with Gasteiger partial charge in [0.15, 0.2) is 0 Å². The average molecular weight is 440 g/mol. The van der Waals surface area contributed by atoms with Crippen LogP contribution in [0.2, 0.25) is 0 Å². The first-order chi connectivity index (χ1) is 15.5. The maximum absolute atomic E-state index is 13.9. The van der Waals surface area contributed by atoms with Crippen molar-refractivity contribution in [3.8, 4) is 5.75 Å². The fourth-order valence-corrected chi connectivity index (χ4v) is 5.73. The van der Waals surface area contributed by atoms with Crippen molar-refractivity contribution in [2.45, 2.75) is 76.1 Å². The molecule has 1 saturated carbocycles. The number of methoxy groups -OCH3 is 1. The number of aromatic nitrogens is 1. The van der Waals surface area contributed by atoms with Gasteiger partial charge in [0.05, 0.1) is 25.3 Å². The van der Waals surface area contributed by atoms with Crippen molar-refractivity contribution in [3.05, 3.63) is 30.0 Å². The molecule has 2 aromatic rings. The lowest BCUT2D eigenvalue weighted by Crippen LogP contribution is -2.67. The summed E-state index contributed by atoms with van der Waals surface area (Å²) in [7, 11) is 1.64. The van der Waals surface area contributed by atoms with Crippen molar-refractivity contribution in [1.82, 2.24) is 14.8 Å². The predicted molar refractivity (Wildman–Crippen MR) is 122 cm³/mol. The second-order valence-corrected chi connectivity index (χ2v) is 9.63. The van der Waals surface area contributed by atoms with Crippen LogP contribution >= 0.6 is 0 Å². The van der Waals surface area contributed by atoms with E-state index in [4.69, 9.17) is 9.47 Å². The Morgan fingerprint density at radius 2 is 2.00 bits per heavy atom. The highest BCUT2D eigenvalue weighted by Gasteiger charge is 2.50. The molecule has 172 valence electrons. The highest BCUT2D eigenvalue weighted by Crippen LogP contribution is 2.38. The Morgan fingerprint density at radius 1 is 1.19 bits per heavy atom. The first-order valence-corrected chi connectivity index (χ1v) is 11.9. The van der Waals surface area contributed by atoms with Gasteiger partial charge in [0.2, 0.25) is 5.91 Å². The first kappa shape index (κ1) is 21.3. The van der Waals surface area contributed by atoms with E-state index >= 15 is 0 Å². The summed E-state index contributed by atoms with van der Waals surface area (Å²) in [4.78, 5) is 29.5. The van der Waals surface area contributed by atoms with E-state index in [1.165, 1.54) is 6.42 Å². The normalized spacial score (nSPS) is 26.4. The molecule has 0 bridgehead atoms. The Labute approximate surface area is 189 Å². The molecule has 32 heavy (non-hydrogen) atoms. The van der Waals surface area contributed by atoms with E-state index in [1.807, 2.05) is 40.7 Å². The number of nitrogens with zero attached hydrogens (tertiary/aromatic N) is 2. The monoisotopic (exact) mass is 439 g/mol. The summed E-state index contributed by atoms with van der Waals surface area (Å²) in [5, 5.41) is 4.11. The van der Waals surface area contributed by atoms with Gasteiger partial charge in [0.25, 0.3) is 5.91 Å². The van der Waals surface area contributed by atoms with E-state index in [1.54, 1.807) is 7.11 Å². The van der Waals surface area contributed by atoms with Crippen molar-refractivity contribution < 1.29 is 19.1 Å². The fourth-order valence-electron chi connectivity index (χ4n) is 5.73. The third kappa shape index (κ3) is 3.56. The van der Waals surface area contributed by atoms with E-state index in [9.17, 15) is 9.59 Å². The Bertz CT molecular complexity index is 1020. The molecule has 2 unspecified atom stereocenters. The smallest absolute Gasteiger partial charge is 0.271 e. The third-order valence-electron chi connectivity index (χ3n) is 7.49. The van der Waals surface area contributed by atoms with Gasteiger partial charge in [-0.2, -0.15) is 0 Å². The summed E-state index contributed by atoms with van der Waals surface area (Å²) in [6, 6.07) is 7.89. The van der Waals surface area contributed by atoms with Crippen LogP contribution in [0.25, 0.3) is 10.9 Å². The maximum atomic E-state index is 13.9. The van der Waals surface area contributed by atoms with Crippen LogP contribution < -0.4 is 10.1 Å². The van der Waals surface area contributed by atoms with Crippen LogP contribution in [0.4, 0.5) is 0 Å². The molecular weight excluding hydrogens is 406 g/mol. The molecule has 1 N–H and O–H groups in total. The number of fused-ring (bicyclic) bond motifs is 3. The number of carbonyl (C=O) groups is 2. The van der Waals surface area contributed by atoms with Crippen molar-refractivity contribution in [2.24, 2.45) is 0 Å².